The Labute approximate surface area is 129 Å². The van der Waals surface area contributed by atoms with Crippen LogP contribution in [0.5, 0.6) is 11.5 Å². The van der Waals surface area contributed by atoms with Gasteiger partial charge in [-0.15, -0.1) is 0 Å². The van der Waals surface area contributed by atoms with E-state index >= 15 is 0 Å². The largest absolute Gasteiger partial charge is 0.497 e. The second-order valence-corrected chi connectivity index (χ2v) is 5.99. The molecule has 0 unspecified atom stereocenters. The van der Waals surface area contributed by atoms with Crippen LogP contribution in [0.3, 0.4) is 0 Å². The van der Waals surface area contributed by atoms with Gasteiger partial charge >= 0.3 is 0 Å². The van der Waals surface area contributed by atoms with Gasteiger partial charge < -0.3 is 9.47 Å². The third-order valence-corrected chi connectivity index (χ3v) is 4.30. The predicted molar refractivity (Wildman–Crippen MR) is 81.5 cm³/mol. The van der Waals surface area contributed by atoms with E-state index in [9.17, 15) is 8.42 Å². The summed E-state index contributed by atoms with van der Waals surface area (Å²) in [7, 11) is -0.896. The molecule has 1 N–H and O–H groups in total. The number of anilines is 1. The van der Waals surface area contributed by atoms with E-state index in [4.69, 9.17) is 14.7 Å². The lowest BCUT2D eigenvalue weighted by Crippen LogP contribution is -2.13. The van der Waals surface area contributed by atoms with Crippen molar-refractivity contribution >= 4 is 15.7 Å². The Kier molecular flexibility index (Phi) is 4.53. The summed E-state index contributed by atoms with van der Waals surface area (Å²) in [4.78, 5) is -0.0207. The number of ether oxygens (including phenoxy) is 2. The zero-order valence-corrected chi connectivity index (χ0v) is 12.8. The summed E-state index contributed by atoms with van der Waals surface area (Å²) in [6.45, 7) is 0. The van der Waals surface area contributed by atoms with Crippen molar-refractivity contribution in [1.82, 2.24) is 0 Å². The molecule has 0 saturated carbocycles. The van der Waals surface area contributed by atoms with E-state index in [1.807, 2.05) is 6.07 Å². The van der Waals surface area contributed by atoms with Gasteiger partial charge in [0, 0.05) is 6.07 Å². The summed E-state index contributed by atoms with van der Waals surface area (Å²) in [6, 6.07) is 12.5. The topological polar surface area (TPSA) is 88.4 Å². The van der Waals surface area contributed by atoms with Crippen LogP contribution in [-0.4, -0.2) is 22.6 Å². The molecule has 0 radical (unpaired) electrons. The first-order valence-electron chi connectivity index (χ1n) is 6.25. The number of nitriles is 1. The minimum atomic E-state index is -3.81. The average Bonchev–Trinajstić information content (AvgIpc) is 2.53. The monoisotopic (exact) mass is 318 g/mol. The Hall–Kier alpha value is -2.72. The molecule has 114 valence electrons. The fourth-order valence-corrected chi connectivity index (χ4v) is 2.92. The van der Waals surface area contributed by atoms with Crippen molar-refractivity contribution in [2.24, 2.45) is 0 Å². The quantitative estimate of drug-likeness (QED) is 0.914. The van der Waals surface area contributed by atoms with Crippen molar-refractivity contribution < 1.29 is 17.9 Å². The molecule has 0 bridgehead atoms. The number of benzene rings is 2. The minimum Gasteiger partial charge on any atom is -0.497 e. The highest BCUT2D eigenvalue weighted by Gasteiger charge is 2.17. The minimum absolute atomic E-state index is 0.0207. The highest BCUT2D eigenvalue weighted by atomic mass is 32.2. The first-order valence-corrected chi connectivity index (χ1v) is 7.73. The van der Waals surface area contributed by atoms with Crippen LogP contribution in [0.2, 0.25) is 0 Å². The van der Waals surface area contributed by atoms with Gasteiger partial charge in [-0.2, -0.15) is 5.26 Å². The lowest BCUT2D eigenvalue weighted by atomic mass is 10.2. The molecular formula is C15H14N2O4S. The van der Waals surface area contributed by atoms with Crippen molar-refractivity contribution in [3.05, 3.63) is 48.0 Å². The third kappa shape index (κ3) is 3.30. The fourth-order valence-electron chi connectivity index (χ4n) is 1.84. The number of hydrogen-bond acceptors (Lipinski definition) is 5. The lowest BCUT2D eigenvalue weighted by Gasteiger charge is -2.10. The smallest absolute Gasteiger partial charge is 0.261 e. The molecule has 0 fully saturated rings. The van der Waals surface area contributed by atoms with Gasteiger partial charge in [0.25, 0.3) is 10.0 Å². The molecule has 2 aromatic carbocycles. The molecule has 0 saturated heterocycles. The van der Waals surface area contributed by atoms with Crippen molar-refractivity contribution in [2.45, 2.75) is 4.90 Å². The molecule has 22 heavy (non-hydrogen) atoms. The zero-order valence-electron chi connectivity index (χ0n) is 12.0. The van der Waals surface area contributed by atoms with E-state index in [0.29, 0.717) is 17.2 Å². The third-order valence-electron chi connectivity index (χ3n) is 2.92. The van der Waals surface area contributed by atoms with Gasteiger partial charge in [0.15, 0.2) is 0 Å². The van der Waals surface area contributed by atoms with Crippen LogP contribution in [0.15, 0.2) is 47.4 Å². The summed E-state index contributed by atoms with van der Waals surface area (Å²) >= 11 is 0. The average molecular weight is 318 g/mol. The molecule has 0 aliphatic rings. The maximum Gasteiger partial charge on any atom is 0.261 e. The molecule has 7 heteroatoms. The number of rotatable bonds is 5. The van der Waals surface area contributed by atoms with E-state index < -0.39 is 10.0 Å². The van der Waals surface area contributed by atoms with Crippen LogP contribution in [-0.2, 0) is 10.0 Å². The molecular weight excluding hydrogens is 304 g/mol. The Morgan fingerprint density at radius 1 is 1.09 bits per heavy atom. The normalized spacial score (nSPS) is 10.6. The SMILES string of the molecule is COc1cccc(NS(=O)(=O)c2ccc(OC)c(C#N)c2)c1. The molecule has 0 atom stereocenters. The zero-order chi connectivity index (χ0) is 16.2. The Balaban J connectivity index is 2.36. The number of methoxy groups -OCH3 is 2. The van der Waals surface area contributed by atoms with Crippen molar-refractivity contribution in [2.75, 3.05) is 18.9 Å². The van der Waals surface area contributed by atoms with Crippen molar-refractivity contribution in [1.29, 1.82) is 5.26 Å². The first kappa shape index (κ1) is 15.7. The molecule has 2 rings (SSSR count). The summed E-state index contributed by atoms with van der Waals surface area (Å²) in [5.41, 5.74) is 0.518. The van der Waals surface area contributed by atoms with E-state index in [1.165, 1.54) is 32.4 Å². The summed E-state index contributed by atoms with van der Waals surface area (Å²) in [5.74, 6) is 0.857. The van der Waals surface area contributed by atoms with Crippen LogP contribution in [0, 0.1) is 11.3 Å². The fraction of sp³-hybridized carbons (Fsp3) is 0.133. The van der Waals surface area contributed by atoms with E-state index in [1.54, 1.807) is 24.3 Å². The molecule has 2 aromatic rings. The maximum atomic E-state index is 12.4. The van der Waals surface area contributed by atoms with Crippen molar-refractivity contribution in [3.63, 3.8) is 0 Å². The highest BCUT2D eigenvalue weighted by molar-refractivity contribution is 7.92. The molecule has 0 heterocycles. The van der Waals surface area contributed by atoms with E-state index in [2.05, 4.69) is 4.72 Å². The van der Waals surface area contributed by atoms with Crippen LogP contribution >= 0.6 is 0 Å². The van der Waals surface area contributed by atoms with Gasteiger partial charge in [-0.1, -0.05) is 6.07 Å². The van der Waals surface area contributed by atoms with Crippen LogP contribution < -0.4 is 14.2 Å². The predicted octanol–water partition coefficient (Wildman–Crippen LogP) is 2.38. The Bertz CT molecular complexity index is 826. The van der Waals surface area contributed by atoms with Crippen LogP contribution in [0.4, 0.5) is 5.69 Å². The van der Waals surface area contributed by atoms with Gasteiger partial charge in [-0.05, 0) is 30.3 Å². The molecule has 0 spiro atoms. The summed E-state index contributed by atoms with van der Waals surface area (Å²) < 4.78 is 37.2. The van der Waals surface area contributed by atoms with Crippen LogP contribution in [0.25, 0.3) is 0 Å². The second-order valence-electron chi connectivity index (χ2n) is 4.31. The molecule has 6 nitrogen and oxygen atoms in total. The number of nitrogens with zero attached hydrogens (tertiary/aromatic N) is 1. The molecule has 0 aliphatic carbocycles. The summed E-state index contributed by atoms with van der Waals surface area (Å²) in [5, 5.41) is 9.04. The van der Waals surface area contributed by atoms with Crippen molar-refractivity contribution in [3.8, 4) is 17.6 Å². The van der Waals surface area contributed by atoms with Gasteiger partial charge in [-0.25, -0.2) is 8.42 Å². The van der Waals surface area contributed by atoms with E-state index in [-0.39, 0.29) is 10.5 Å². The molecule has 0 aromatic heterocycles. The number of nitrogens with one attached hydrogen (secondary N) is 1. The lowest BCUT2D eigenvalue weighted by molar-refractivity contribution is 0.413. The molecule has 0 amide bonds. The number of hydrogen-bond donors (Lipinski definition) is 1. The van der Waals surface area contributed by atoms with Gasteiger partial charge in [-0.3, -0.25) is 4.72 Å². The van der Waals surface area contributed by atoms with Gasteiger partial charge in [0.1, 0.15) is 17.6 Å². The number of sulfonamides is 1. The van der Waals surface area contributed by atoms with E-state index in [0.717, 1.165) is 0 Å². The maximum absolute atomic E-state index is 12.4. The van der Waals surface area contributed by atoms with Gasteiger partial charge in [0.2, 0.25) is 0 Å². The summed E-state index contributed by atoms with van der Waals surface area (Å²) in [6.07, 6.45) is 0. The van der Waals surface area contributed by atoms with Crippen LogP contribution in [0.1, 0.15) is 5.56 Å². The Morgan fingerprint density at radius 2 is 1.86 bits per heavy atom. The standard InChI is InChI=1S/C15H14N2O4S/c1-20-13-5-3-4-12(9-13)17-22(18,19)14-6-7-15(21-2)11(8-14)10-16/h3-9,17H,1-2H3. The highest BCUT2D eigenvalue weighted by Crippen LogP contribution is 2.24. The van der Waals surface area contributed by atoms with Gasteiger partial charge in [0.05, 0.1) is 30.4 Å². The second kappa shape index (κ2) is 6.37. The molecule has 0 aliphatic heterocycles. The Morgan fingerprint density at radius 3 is 2.50 bits per heavy atom. The first-order chi connectivity index (χ1) is 10.5.